The molecular weight excluding hydrogens is 336 g/mol. The molecule has 1 unspecified atom stereocenters. The minimum atomic E-state index is -3.00. The highest BCUT2D eigenvalue weighted by molar-refractivity contribution is 7.90. The molecule has 0 aromatic heterocycles. The van der Waals surface area contributed by atoms with Crippen LogP contribution in [0.3, 0.4) is 0 Å². The predicted molar refractivity (Wildman–Crippen MR) is 78.0 cm³/mol. The monoisotopic (exact) mass is 353 g/mol. The highest BCUT2D eigenvalue weighted by Crippen LogP contribution is 2.05. The van der Waals surface area contributed by atoms with Crippen molar-refractivity contribution in [1.82, 2.24) is 10.2 Å². The van der Waals surface area contributed by atoms with Gasteiger partial charge in [0, 0.05) is 19.9 Å². The Morgan fingerprint density at radius 1 is 1.32 bits per heavy atom. The van der Waals surface area contributed by atoms with Gasteiger partial charge in [-0.1, -0.05) is 23.1 Å². The van der Waals surface area contributed by atoms with Gasteiger partial charge < -0.3 is 19.4 Å². The van der Waals surface area contributed by atoms with E-state index in [9.17, 15) is 22.0 Å². The number of methoxy groups -OCH3 is 1. The Labute approximate surface area is 131 Å². The minimum Gasteiger partial charge on any atom is -0.758 e. The Morgan fingerprint density at radius 2 is 1.91 bits per heavy atom. The van der Waals surface area contributed by atoms with Crippen molar-refractivity contribution in [3.63, 3.8) is 0 Å². The number of carbonyl (C=O) groups is 1. The van der Waals surface area contributed by atoms with Crippen molar-refractivity contribution in [3.8, 4) is 0 Å². The maximum absolute atomic E-state index is 10.8. The molecule has 1 aromatic carbocycles. The van der Waals surface area contributed by atoms with Crippen LogP contribution in [0.15, 0.2) is 35.2 Å². The molecule has 1 amide bonds. The van der Waals surface area contributed by atoms with Crippen molar-refractivity contribution in [2.45, 2.75) is 4.90 Å². The fourth-order valence-electron chi connectivity index (χ4n) is 1.03. The van der Waals surface area contributed by atoms with E-state index < -0.39 is 27.2 Å². The highest BCUT2D eigenvalue weighted by atomic mass is 32.2. The number of hydrogen-bond donors (Lipinski definition) is 2. The summed E-state index contributed by atoms with van der Waals surface area (Å²) in [7, 11) is -1.53. The first-order valence-corrected chi connectivity index (χ1v) is 8.77. The third-order valence-corrected chi connectivity index (χ3v) is 3.30. The Morgan fingerprint density at radius 3 is 2.32 bits per heavy atom. The van der Waals surface area contributed by atoms with Gasteiger partial charge >= 0.3 is 6.09 Å². The zero-order valence-electron chi connectivity index (χ0n) is 12.0. The van der Waals surface area contributed by atoms with Crippen LogP contribution < -0.4 is 10.2 Å². The molecule has 1 aromatic rings. The molecular formula is C11H17N2O7S2-. The summed E-state index contributed by atoms with van der Waals surface area (Å²) in [6.45, 7) is 0.581. The fourth-order valence-corrected chi connectivity index (χ4v) is 1.83. The molecule has 11 heteroatoms. The summed E-state index contributed by atoms with van der Waals surface area (Å²) in [5, 5.41) is 2.22. The van der Waals surface area contributed by atoms with E-state index in [1.165, 1.54) is 18.3 Å². The van der Waals surface area contributed by atoms with Crippen molar-refractivity contribution in [3.05, 3.63) is 30.3 Å². The second-order valence-corrected chi connectivity index (χ2v) is 6.36. The Kier molecular flexibility index (Phi) is 10.3. The average molecular weight is 353 g/mol. The molecule has 0 bridgehead atoms. The molecule has 0 spiro atoms. The standard InChI is InChI=1S/C7H8O2S.C4H10N2O5S/c1-10(8,9)7-5-3-2-4-6-7;1-10-3-2-5-4(7)11-6-12(8)9/h2-6H,1H3;6H,2-3H2,1H3,(H,5,7)(H,8,9)/p-1. The first kappa shape index (κ1) is 20.5. The Bertz CT molecular complexity index is 563. The molecule has 1 atom stereocenters. The predicted octanol–water partition coefficient (Wildman–Crippen LogP) is -0.252. The minimum absolute atomic E-state index is 0.252. The molecule has 0 heterocycles. The Hall–Kier alpha value is -1.53. The summed E-state index contributed by atoms with van der Waals surface area (Å²) in [5.41, 5.74) is 0. The number of carbonyl (C=O) groups excluding carboxylic acids is 1. The van der Waals surface area contributed by atoms with Crippen molar-refractivity contribution in [2.24, 2.45) is 0 Å². The van der Waals surface area contributed by atoms with Crippen LogP contribution in [0.4, 0.5) is 4.79 Å². The lowest BCUT2D eigenvalue weighted by molar-refractivity contribution is 0.119. The molecule has 0 aliphatic rings. The molecule has 0 saturated heterocycles. The van der Waals surface area contributed by atoms with Gasteiger partial charge in [-0.25, -0.2) is 13.2 Å². The van der Waals surface area contributed by atoms with Gasteiger partial charge in [0.05, 0.1) is 22.8 Å². The third-order valence-electron chi connectivity index (χ3n) is 1.95. The number of benzene rings is 1. The molecule has 0 saturated carbocycles. The van der Waals surface area contributed by atoms with Crippen LogP contribution in [0.1, 0.15) is 0 Å². The van der Waals surface area contributed by atoms with Crippen LogP contribution in [0.5, 0.6) is 0 Å². The first-order valence-electron chi connectivity index (χ1n) is 5.81. The van der Waals surface area contributed by atoms with Crippen LogP contribution in [0, 0.1) is 0 Å². The van der Waals surface area contributed by atoms with E-state index in [1.54, 1.807) is 30.3 Å². The van der Waals surface area contributed by atoms with Gasteiger partial charge in [-0.05, 0) is 12.1 Å². The summed E-state index contributed by atoms with van der Waals surface area (Å²) in [6.07, 6.45) is 0.318. The van der Waals surface area contributed by atoms with E-state index in [0.717, 1.165) is 0 Å². The number of sulfone groups is 1. The lowest BCUT2D eigenvalue weighted by Crippen LogP contribution is -2.33. The second-order valence-electron chi connectivity index (χ2n) is 3.71. The van der Waals surface area contributed by atoms with Gasteiger partial charge in [0.15, 0.2) is 9.84 Å². The molecule has 0 aliphatic heterocycles. The van der Waals surface area contributed by atoms with Crippen LogP contribution in [-0.4, -0.2) is 49.8 Å². The van der Waals surface area contributed by atoms with E-state index in [4.69, 9.17) is 0 Å². The average Bonchev–Trinajstić information content (AvgIpc) is 2.46. The number of nitrogens with one attached hydrogen (secondary N) is 2. The van der Waals surface area contributed by atoms with E-state index in [0.29, 0.717) is 11.5 Å². The van der Waals surface area contributed by atoms with E-state index in [-0.39, 0.29) is 6.54 Å². The summed E-state index contributed by atoms with van der Waals surface area (Å²) >= 11 is -2.61. The largest absolute Gasteiger partial charge is 0.758 e. The number of rotatable bonds is 6. The first-order chi connectivity index (χ1) is 10.3. The van der Waals surface area contributed by atoms with Crippen LogP contribution in [-0.2, 0) is 30.7 Å². The van der Waals surface area contributed by atoms with Crippen molar-refractivity contribution < 1.29 is 31.5 Å². The van der Waals surface area contributed by atoms with Crippen molar-refractivity contribution in [2.75, 3.05) is 26.5 Å². The molecule has 1 rings (SSSR count). The van der Waals surface area contributed by atoms with Gasteiger partial charge in [0.2, 0.25) is 0 Å². The maximum Gasteiger partial charge on any atom is 0.427 e. The number of amides is 1. The summed E-state index contributed by atoms with van der Waals surface area (Å²) < 4.78 is 45.9. The van der Waals surface area contributed by atoms with Gasteiger partial charge in [-0.15, -0.1) is 0 Å². The van der Waals surface area contributed by atoms with Gasteiger partial charge in [0.25, 0.3) is 0 Å². The SMILES string of the molecule is COCCNC(=O)ONS(=O)[O-].CS(=O)(=O)c1ccccc1. The van der Waals surface area contributed by atoms with Gasteiger partial charge in [0.1, 0.15) is 0 Å². The van der Waals surface area contributed by atoms with Gasteiger partial charge in [-0.3, -0.25) is 4.21 Å². The smallest absolute Gasteiger partial charge is 0.427 e. The normalized spacial score (nSPS) is 11.8. The van der Waals surface area contributed by atoms with E-state index >= 15 is 0 Å². The lowest BCUT2D eigenvalue weighted by Gasteiger charge is -2.07. The molecule has 9 nitrogen and oxygen atoms in total. The molecule has 126 valence electrons. The molecule has 0 aliphatic carbocycles. The zero-order chi connectivity index (χ0) is 17.0. The topological polar surface area (TPSA) is 134 Å². The Balaban J connectivity index is 0.000000406. The van der Waals surface area contributed by atoms with Crippen LogP contribution in [0.25, 0.3) is 0 Å². The van der Waals surface area contributed by atoms with E-state index in [2.05, 4.69) is 14.9 Å². The number of ether oxygens (including phenoxy) is 1. The lowest BCUT2D eigenvalue weighted by atomic mass is 10.4. The second kappa shape index (κ2) is 11.1. The quantitative estimate of drug-likeness (QED) is 0.409. The number of hydrogen-bond acceptors (Lipinski definition) is 7. The summed E-state index contributed by atoms with van der Waals surface area (Å²) in [5.74, 6) is 0. The third kappa shape index (κ3) is 11.2. The summed E-state index contributed by atoms with van der Waals surface area (Å²) in [4.78, 5) is 16.3. The van der Waals surface area contributed by atoms with Crippen LogP contribution >= 0.6 is 0 Å². The molecule has 22 heavy (non-hydrogen) atoms. The van der Waals surface area contributed by atoms with Gasteiger partial charge in [-0.2, -0.15) is 0 Å². The zero-order valence-corrected chi connectivity index (χ0v) is 13.6. The molecule has 2 N–H and O–H groups in total. The van der Waals surface area contributed by atoms with Crippen molar-refractivity contribution >= 4 is 27.2 Å². The molecule has 0 fully saturated rings. The van der Waals surface area contributed by atoms with E-state index in [1.807, 2.05) is 0 Å². The van der Waals surface area contributed by atoms with Crippen LogP contribution in [0.2, 0.25) is 0 Å². The van der Waals surface area contributed by atoms with Crippen molar-refractivity contribution in [1.29, 1.82) is 0 Å². The fraction of sp³-hybridized carbons (Fsp3) is 0.364. The maximum atomic E-state index is 10.8. The summed E-state index contributed by atoms with van der Waals surface area (Å²) in [6, 6.07) is 8.35. The highest BCUT2D eigenvalue weighted by Gasteiger charge is 2.03. The molecule has 0 radical (unpaired) electrons.